The fourth-order valence-electron chi connectivity index (χ4n) is 2.82. The van der Waals surface area contributed by atoms with Crippen LogP contribution in [-0.4, -0.2) is 11.7 Å². The Bertz CT molecular complexity index is 810. The van der Waals surface area contributed by atoms with Crippen LogP contribution in [0.25, 0.3) is 0 Å². The largest absolute Gasteiger partial charge is 0.316 e. The summed E-state index contributed by atoms with van der Waals surface area (Å²) < 4.78 is 13.6. The van der Waals surface area contributed by atoms with Gasteiger partial charge in [-0.1, -0.05) is 19.1 Å². The SMILES string of the molecule is C[C@H]1CCc2c(sc(NC(=O)CSc3ccccc3F)c2C#N)C1. The van der Waals surface area contributed by atoms with Crippen LogP contribution in [-0.2, 0) is 17.6 Å². The van der Waals surface area contributed by atoms with Crippen LogP contribution >= 0.6 is 23.1 Å². The van der Waals surface area contributed by atoms with Crippen molar-refractivity contribution in [3.05, 3.63) is 46.1 Å². The highest BCUT2D eigenvalue weighted by molar-refractivity contribution is 8.00. The molecule has 124 valence electrons. The van der Waals surface area contributed by atoms with Gasteiger partial charge in [0.05, 0.1) is 11.3 Å². The number of amides is 1. The van der Waals surface area contributed by atoms with Crippen molar-refractivity contribution in [2.45, 2.75) is 31.1 Å². The lowest BCUT2D eigenvalue weighted by molar-refractivity contribution is -0.113. The van der Waals surface area contributed by atoms with Crippen molar-refractivity contribution >= 4 is 34.0 Å². The van der Waals surface area contributed by atoms with Gasteiger partial charge >= 0.3 is 0 Å². The molecule has 1 aliphatic rings. The first-order valence-corrected chi connectivity index (χ1v) is 9.60. The number of fused-ring (bicyclic) bond motifs is 1. The molecule has 3 rings (SSSR count). The van der Waals surface area contributed by atoms with E-state index < -0.39 is 0 Å². The normalized spacial score (nSPS) is 16.3. The molecule has 2 aromatic rings. The molecular formula is C18H17FN2OS2. The van der Waals surface area contributed by atoms with Gasteiger partial charge in [-0.3, -0.25) is 4.79 Å². The maximum Gasteiger partial charge on any atom is 0.235 e. The molecule has 0 radical (unpaired) electrons. The van der Waals surface area contributed by atoms with Crippen LogP contribution in [0.1, 0.15) is 29.3 Å². The van der Waals surface area contributed by atoms with Crippen LogP contribution in [0.5, 0.6) is 0 Å². The van der Waals surface area contributed by atoms with Crippen molar-refractivity contribution in [3.63, 3.8) is 0 Å². The van der Waals surface area contributed by atoms with Gasteiger partial charge in [-0.25, -0.2) is 4.39 Å². The van der Waals surface area contributed by atoms with Gasteiger partial charge in [0, 0.05) is 9.77 Å². The second kappa shape index (κ2) is 7.37. The first-order chi connectivity index (χ1) is 11.6. The average molecular weight is 360 g/mol. The molecule has 0 bridgehead atoms. The van der Waals surface area contributed by atoms with Crippen LogP contribution < -0.4 is 5.32 Å². The Labute approximate surface area is 148 Å². The number of hydrogen-bond acceptors (Lipinski definition) is 4. The summed E-state index contributed by atoms with van der Waals surface area (Å²) in [5.74, 6) is 0.188. The average Bonchev–Trinajstić information content (AvgIpc) is 2.90. The molecule has 1 aliphatic carbocycles. The maximum absolute atomic E-state index is 13.6. The van der Waals surface area contributed by atoms with E-state index in [0.717, 1.165) is 36.6 Å². The number of carbonyl (C=O) groups is 1. The Morgan fingerprint density at radius 2 is 2.29 bits per heavy atom. The number of nitriles is 1. The molecule has 3 nitrogen and oxygen atoms in total. The van der Waals surface area contributed by atoms with Crippen molar-refractivity contribution in [2.24, 2.45) is 5.92 Å². The fraction of sp³-hybridized carbons (Fsp3) is 0.333. The van der Waals surface area contributed by atoms with E-state index in [-0.39, 0.29) is 17.5 Å². The monoisotopic (exact) mass is 360 g/mol. The zero-order chi connectivity index (χ0) is 17.1. The molecule has 0 aliphatic heterocycles. The van der Waals surface area contributed by atoms with Crippen molar-refractivity contribution < 1.29 is 9.18 Å². The van der Waals surface area contributed by atoms with Gasteiger partial charge < -0.3 is 5.32 Å². The minimum absolute atomic E-state index is 0.116. The third-order valence-corrected chi connectivity index (χ3v) is 6.29. The Hall–Kier alpha value is -1.84. The predicted octanol–water partition coefficient (Wildman–Crippen LogP) is 4.61. The first-order valence-electron chi connectivity index (χ1n) is 7.80. The summed E-state index contributed by atoms with van der Waals surface area (Å²) in [7, 11) is 0. The fourth-order valence-corrected chi connectivity index (χ4v) is 4.94. The molecule has 24 heavy (non-hydrogen) atoms. The highest BCUT2D eigenvalue weighted by Gasteiger charge is 2.24. The lowest BCUT2D eigenvalue weighted by atomic mass is 9.89. The molecule has 0 spiro atoms. The van der Waals surface area contributed by atoms with Crippen LogP contribution in [0.2, 0.25) is 0 Å². The molecule has 1 atom stereocenters. The standard InChI is InChI=1S/C18H17FN2OS2/c1-11-6-7-12-13(9-20)18(24-16(12)8-11)21-17(22)10-23-15-5-3-2-4-14(15)19/h2-5,11H,6-8,10H2,1H3,(H,21,22)/t11-/m0/s1. The Morgan fingerprint density at radius 3 is 3.04 bits per heavy atom. The Kier molecular flexibility index (Phi) is 5.22. The van der Waals surface area contributed by atoms with Crippen molar-refractivity contribution in [1.82, 2.24) is 0 Å². The van der Waals surface area contributed by atoms with Gasteiger partial charge in [0.15, 0.2) is 0 Å². The maximum atomic E-state index is 13.6. The quantitative estimate of drug-likeness (QED) is 0.810. The third kappa shape index (κ3) is 3.63. The van der Waals surface area contributed by atoms with Gasteiger partial charge in [0.1, 0.15) is 16.9 Å². The van der Waals surface area contributed by atoms with Gasteiger partial charge in [0.2, 0.25) is 5.91 Å². The summed E-state index contributed by atoms with van der Waals surface area (Å²) in [5.41, 5.74) is 1.70. The third-order valence-electron chi connectivity index (χ3n) is 4.07. The summed E-state index contributed by atoms with van der Waals surface area (Å²) in [4.78, 5) is 13.8. The summed E-state index contributed by atoms with van der Waals surface area (Å²) in [6.07, 6.45) is 2.94. The van der Waals surface area contributed by atoms with Crippen LogP contribution in [0.15, 0.2) is 29.2 Å². The number of hydrogen-bond donors (Lipinski definition) is 1. The highest BCUT2D eigenvalue weighted by atomic mass is 32.2. The lowest BCUT2D eigenvalue weighted by Crippen LogP contribution is -2.14. The summed E-state index contributed by atoms with van der Waals surface area (Å²) in [5, 5.41) is 12.9. The number of benzene rings is 1. The minimum Gasteiger partial charge on any atom is -0.316 e. The van der Waals surface area contributed by atoms with E-state index in [1.54, 1.807) is 18.2 Å². The molecule has 0 saturated carbocycles. The molecule has 0 unspecified atom stereocenters. The Balaban J connectivity index is 1.69. The molecular weight excluding hydrogens is 343 g/mol. The number of anilines is 1. The number of rotatable bonds is 4. The lowest BCUT2D eigenvalue weighted by Gasteiger charge is -2.17. The van der Waals surface area contributed by atoms with Crippen LogP contribution in [0.4, 0.5) is 9.39 Å². The topological polar surface area (TPSA) is 52.9 Å². The zero-order valence-corrected chi connectivity index (χ0v) is 14.9. The minimum atomic E-state index is -0.325. The zero-order valence-electron chi connectivity index (χ0n) is 13.3. The number of nitrogens with one attached hydrogen (secondary N) is 1. The number of thioether (sulfide) groups is 1. The van der Waals surface area contributed by atoms with Crippen molar-refractivity contribution in [2.75, 3.05) is 11.1 Å². The summed E-state index contributed by atoms with van der Waals surface area (Å²) in [6, 6.07) is 8.63. The van der Waals surface area contributed by atoms with Gasteiger partial charge in [-0.05, 0) is 42.9 Å². The summed E-state index contributed by atoms with van der Waals surface area (Å²) in [6.45, 7) is 2.21. The molecule has 1 N–H and O–H groups in total. The van der Waals surface area contributed by atoms with E-state index in [2.05, 4.69) is 18.3 Å². The van der Waals surface area contributed by atoms with E-state index >= 15 is 0 Å². The van der Waals surface area contributed by atoms with E-state index in [4.69, 9.17) is 0 Å². The molecule has 1 heterocycles. The van der Waals surface area contributed by atoms with E-state index in [1.165, 1.54) is 22.3 Å². The Morgan fingerprint density at radius 1 is 1.50 bits per heavy atom. The molecule has 1 aromatic heterocycles. The second-order valence-electron chi connectivity index (χ2n) is 5.93. The first kappa shape index (κ1) is 17.0. The smallest absolute Gasteiger partial charge is 0.235 e. The number of carbonyl (C=O) groups excluding carboxylic acids is 1. The summed E-state index contributed by atoms with van der Waals surface area (Å²) >= 11 is 2.66. The number of nitrogens with zero attached hydrogens (tertiary/aromatic N) is 1. The van der Waals surface area contributed by atoms with E-state index in [0.29, 0.717) is 21.4 Å². The highest BCUT2D eigenvalue weighted by Crippen LogP contribution is 2.39. The van der Waals surface area contributed by atoms with Gasteiger partial charge in [-0.15, -0.1) is 23.1 Å². The van der Waals surface area contributed by atoms with Gasteiger partial charge in [0.25, 0.3) is 0 Å². The van der Waals surface area contributed by atoms with Gasteiger partial charge in [-0.2, -0.15) is 5.26 Å². The molecule has 0 saturated heterocycles. The van der Waals surface area contributed by atoms with Crippen LogP contribution in [0, 0.1) is 23.1 Å². The van der Waals surface area contributed by atoms with E-state index in [9.17, 15) is 14.4 Å². The van der Waals surface area contributed by atoms with Crippen LogP contribution in [0.3, 0.4) is 0 Å². The second-order valence-corrected chi connectivity index (χ2v) is 8.06. The molecule has 6 heteroatoms. The number of thiophene rings is 1. The van der Waals surface area contributed by atoms with Crippen molar-refractivity contribution in [1.29, 1.82) is 5.26 Å². The molecule has 1 amide bonds. The number of halogens is 1. The van der Waals surface area contributed by atoms with E-state index in [1.807, 2.05) is 0 Å². The predicted molar refractivity (Wildman–Crippen MR) is 96.0 cm³/mol. The molecule has 1 aromatic carbocycles. The van der Waals surface area contributed by atoms with Crippen molar-refractivity contribution in [3.8, 4) is 6.07 Å². The molecule has 0 fully saturated rings.